The van der Waals surface area contributed by atoms with Crippen molar-refractivity contribution >= 4 is 6.03 Å². The molecule has 0 bridgehead atoms. The van der Waals surface area contributed by atoms with Crippen LogP contribution < -0.4 is 0 Å². The number of hydrogen-bond acceptors (Lipinski definition) is 3. The fraction of sp³-hybridized carbons (Fsp3) is 0.375. The van der Waals surface area contributed by atoms with Crippen LogP contribution in [-0.4, -0.2) is 51.8 Å². The summed E-state index contributed by atoms with van der Waals surface area (Å²) < 4.78 is 1.40. The largest absolute Gasteiger partial charge is 0.344 e. The molecule has 1 aliphatic heterocycles. The average Bonchev–Trinajstić information content (AvgIpc) is 3.01. The van der Waals surface area contributed by atoms with Crippen LogP contribution in [-0.2, 0) is 6.54 Å². The molecular weight excluding hydrogens is 264 g/mol. The number of aryl methyl sites for hydroxylation is 1. The second-order valence-corrected chi connectivity index (χ2v) is 5.49. The lowest BCUT2D eigenvalue weighted by molar-refractivity contribution is 0.134. The molecule has 0 aliphatic carbocycles. The summed E-state index contributed by atoms with van der Waals surface area (Å²) in [4.78, 5) is 16.4. The lowest BCUT2D eigenvalue weighted by Crippen LogP contribution is -2.49. The van der Waals surface area contributed by atoms with Crippen molar-refractivity contribution < 1.29 is 4.79 Å². The molecule has 1 aromatic carbocycles. The summed E-state index contributed by atoms with van der Waals surface area (Å²) in [5.74, 6) is 0. The Kier molecular flexibility index (Phi) is 4.01. The van der Waals surface area contributed by atoms with Crippen molar-refractivity contribution in [2.24, 2.45) is 0 Å². The molecule has 5 heteroatoms. The van der Waals surface area contributed by atoms with Crippen molar-refractivity contribution in [3.63, 3.8) is 0 Å². The Balaban J connectivity index is 1.54. The fourth-order valence-corrected chi connectivity index (χ4v) is 2.69. The van der Waals surface area contributed by atoms with Gasteiger partial charge in [0, 0.05) is 45.1 Å². The predicted molar refractivity (Wildman–Crippen MR) is 81.1 cm³/mol. The van der Waals surface area contributed by atoms with Gasteiger partial charge in [0.25, 0.3) is 0 Å². The minimum Gasteiger partial charge on any atom is -0.320 e. The van der Waals surface area contributed by atoms with Gasteiger partial charge in [0.15, 0.2) is 0 Å². The van der Waals surface area contributed by atoms with Gasteiger partial charge in [0.05, 0.1) is 0 Å². The molecule has 1 aliphatic rings. The highest BCUT2D eigenvalue weighted by Gasteiger charge is 2.22. The number of hydrogen-bond donors (Lipinski definition) is 0. The minimum atomic E-state index is -0.0322. The van der Waals surface area contributed by atoms with E-state index in [-0.39, 0.29) is 6.03 Å². The summed E-state index contributed by atoms with van der Waals surface area (Å²) in [5.41, 5.74) is 2.63. The van der Waals surface area contributed by atoms with Crippen molar-refractivity contribution in [2.75, 3.05) is 26.2 Å². The Labute approximate surface area is 124 Å². The van der Waals surface area contributed by atoms with Gasteiger partial charge in [-0.05, 0) is 18.6 Å². The topological polar surface area (TPSA) is 41.4 Å². The van der Waals surface area contributed by atoms with E-state index in [0.29, 0.717) is 0 Å². The van der Waals surface area contributed by atoms with Gasteiger partial charge in [-0.1, -0.05) is 29.8 Å². The zero-order valence-electron chi connectivity index (χ0n) is 12.3. The van der Waals surface area contributed by atoms with Gasteiger partial charge < -0.3 is 4.90 Å². The maximum Gasteiger partial charge on any atom is 0.344 e. The van der Waals surface area contributed by atoms with Crippen LogP contribution in [0.2, 0.25) is 0 Å². The van der Waals surface area contributed by atoms with E-state index in [1.54, 1.807) is 18.5 Å². The second-order valence-electron chi connectivity index (χ2n) is 5.49. The monoisotopic (exact) mass is 284 g/mol. The van der Waals surface area contributed by atoms with Crippen LogP contribution in [0.25, 0.3) is 0 Å². The van der Waals surface area contributed by atoms with E-state index in [0.717, 1.165) is 32.7 Å². The van der Waals surface area contributed by atoms with Gasteiger partial charge in [-0.2, -0.15) is 9.78 Å². The van der Waals surface area contributed by atoms with E-state index in [4.69, 9.17) is 0 Å². The molecule has 3 rings (SSSR count). The number of benzene rings is 1. The summed E-state index contributed by atoms with van der Waals surface area (Å²) in [6.07, 6.45) is 3.33. The molecule has 2 aromatic rings. The van der Waals surface area contributed by atoms with Crippen LogP contribution in [0.15, 0.2) is 42.7 Å². The van der Waals surface area contributed by atoms with Crippen molar-refractivity contribution in [1.82, 2.24) is 19.6 Å². The van der Waals surface area contributed by atoms with Crippen LogP contribution in [0.1, 0.15) is 11.1 Å². The number of carbonyl (C=O) groups excluding carboxylic acids is 1. The van der Waals surface area contributed by atoms with E-state index in [1.807, 2.05) is 4.90 Å². The first kappa shape index (κ1) is 13.8. The number of piperazine rings is 1. The van der Waals surface area contributed by atoms with Gasteiger partial charge >= 0.3 is 6.03 Å². The minimum absolute atomic E-state index is 0.0322. The maximum atomic E-state index is 12.2. The molecule has 1 fully saturated rings. The molecule has 110 valence electrons. The van der Waals surface area contributed by atoms with E-state index >= 15 is 0 Å². The van der Waals surface area contributed by atoms with E-state index < -0.39 is 0 Å². The van der Waals surface area contributed by atoms with Crippen LogP contribution in [0, 0.1) is 6.92 Å². The SMILES string of the molecule is Cc1cccc(CN2CCN(C(=O)n3cccn3)CC2)c1. The molecule has 1 saturated heterocycles. The van der Waals surface area contributed by atoms with Crippen LogP contribution in [0.5, 0.6) is 0 Å². The number of nitrogens with zero attached hydrogens (tertiary/aromatic N) is 4. The van der Waals surface area contributed by atoms with E-state index in [2.05, 4.69) is 41.2 Å². The van der Waals surface area contributed by atoms with Crippen molar-refractivity contribution in [1.29, 1.82) is 0 Å². The predicted octanol–water partition coefficient (Wildman–Crippen LogP) is 1.98. The third-order valence-corrected chi connectivity index (χ3v) is 3.83. The Bertz CT molecular complexity index is 600. The second kappa shape index (κ2) is 6.10. The third kappa shape index (κ3) is 3.31. The van der Waals surface area contributed by atoms with Crippen LogP contribution in [0.3, 0.4) is 0 Å². The summed E-state index contributed by atoms with van der Waals surface area (Å²) in [6.45, 7) is 6.38. The Morgan fingerprint density at radius 1 is 1.19 bits per heavy atom. The standard InChI is InChI=1S/C16H20N4O/c1-14-4-2-5-15(12-14)13-18-8-10-19(11-9-18)16(21)20-7-3-6-17-20/h2-7,12H,8-11,13H2,1H3. The number of rotatable bonds is 2. The van der Waals surface area contributed by atoms with Crippen molar-refractivity contribution in [2.45, 2.75) is 13.5 Å². The number of carbonyl (C=O) groups is 1. The lowest BCUT2D eigenvalue weighted by atomic mass is 10.1. The van der Waals surface area contributed by atoms with Crippen molar-refractivity contribution in [3.8, 4) is 0 Å². The Morgan fingerprint density at radius 3 is 2.67 bits per heavy atom. The van der Waals surface area contributed by atoms with E-state index in [9.17, 15) is 4.79 Å². The van der Waals surface area contributed by atoms with Gasteiger partial charge in [-0.3, -0.25) is 4.90 Å². The van der Waals surface area contributed by atoms with E-state index in [1.165, 1.54) is 15.8 Å². The summed E-state index contributed by atoms with van der Waals surface area (Å²) in [7, 11) is 0. The highest BCUT2D eigenvalue weighted by atomic mass is 16.2. The highest BCUT2D eigenvalue weighted by Crippen LogP contribution is 2.11. The summed E-state index contributed by atoms with van der Waals surface area (Å²) in [5, 5.41) is 4.00. The van der Waals surface area contributed by atoms with Gasteiger partial charge in [0.1, 0.15) is 0 Å². The molecule has 0 radical (unpaired) electrons. The van der Waals surface area contributed by atoms with Crippen LogP contribution >= 0.6 is 0 Å². The Morgan fingerprint density at radius 2 is 2.00 bits per heavy atom. The fourth-order valence-electron chi connectivity index (χ4n) is 2.69. The maximum absolute atomic E-state index is 12.2. The zero-order chi connectivity index (χ0) is 14.7. The zero-order valence-corrected chi connectivity index (χ0v) is 12.3. The Hall–Kier alpha value is -2.14. The molecule has 1 aromatic heterocycles. The van der Waals surface area contributed by atoms with Crippen LogP contribution in [0.4, 0.5) is 4.79 Å². The molecular formula is C16H20N4O. The highest BCUT2D eigenvalue weighted by molar-refractivity contribution is 5.75. The normalized spacial score (nSPS) is 16.1. The van der Waals surface area contributed by atoms with Gasteiger partial charge in [-0.15, -0.1) is 0 Å². The lowest BCUT2D eigenvalue weighted by Gasteiger charge is -2.34. The van der Waals surface area contributed by atoms with Gasteiger partial charge in [-0.25, -0.2) is 4.79 Å². The summed E-state index contributed by atoms with van der Waals surface area (Å²) in [6, 6.07) is 10.3. The van der Waals surface area contributed by atoms with Crippen molar-refractivity contribution in [3.05, 3.63) is 53.9 Å². The molecule has 0 unspecified atom stereocenters. The summed E-state index contributed by atoms with van der Waals surface area (Å²) >= 11 is 0. The average molecular weight is 284 g/mol. The molecule has 0 N–H and O–H groups in total. The molecule has 21 heavy (non-hydrogen) atoms. The molecule has 0 atom stereocenters. The number of amides is 1. The molecule has 0 saturated carbocycles. The van der Waals surface area contributed by atoms with Gasteiger partial charge in [0.2, 0.25) is 0 Å². The molecule has 5 nitrogen and oxygen atoms in total. The first-order valence-corrected chi connectivity index (χ1v) is 7.29. The third-order valence-electron chi connectivity index (χ3n) is 3.83. The first-order chi connectivity index (χ1) is 10.2. The number of aromatic nitrogens is 2. The quantitative estimate of drug-likeness (QED) is 0.846. The molecule has 0 spiro atoms. The molecule has 2 heterocycles. The first-order valence-electron chi connectivity index (χ1n) is 7.29. The molecule has 1 amide bonds. The smallest absolute Gasteiger partial charge is 0.320 e.